The number of anilines is 3. The first-order valence-electron chi connectivity index (χ1n) is 13.3. The number of piperidine rings is 1. The molecule has 2 fully saturated rings. The molecule has 2 aliphatic heterocycles. The van der Waals surface area contributed by atoms with Gasteiger partial charge in [0.2, 0.25) is 11.9 Å². The van der Waals surface area contributed by atoms with Gasteiger partial charge in [-0.3, -0.25) is 9.20 Å². The number of nitrogens with one attached hydrogen (secondary N) is 2. The van der Waals surface area contributed by atoms with Gasteiger partial charge in [0.15, 0.2) is 0 Å². The second kappa shape index (κ2) is 9.50. The summed E-state index contributed by atoms with van der Waals surface area (Å²) >= 11 is 0. The fourth-order valence-electron chi connectivity index (χ4n) is 5.67. The van der Waals surface area contributed by atoms with Gasteiger partial charge in [0, 0.05) is 32.0 Å². The number of hydrogen-bond acceptors (Lipinski definition) is 7. The van der Waals surface area contributed by atoms with Crippen molar-refractivity contribution >= 4 is 29.0 Å². The van der Waals surface area contributed by atoms with Crippen LogP contribution in [-0.4, -0.2) is 49.9 Å². The summed E-state index contributed by atoms with van der Waals surface area (Å²) in [5, 5.41) is 6.28. The summed E-state index contributed by atoms with van der Waals surface area (Å²) in [4.78, 5) is 33.0. The number of fused-ring (bicyclic) bond motifs is 1. The number of amides is 1. The van der Waals surface area contributed by atoms with Crippen LogP contribution in [0.4, 0.5) is 17.5 Å². The van der Waals surface area contributed by atoms with E-state index < -0.39 is 0 Å². The third kappa shape index (κ3) is 4.35. The van der Waals surface area contributed by atoms with Crippen LogP contribution in [0.25, 0.3) is 28.2 Å². The summed E-state index contributed by atoms with van der Waals surface area (Å²) in [6, 6.07) is 20.3. The average molecular weight is 517 g/mol. The largest absolute Gasteiger partial charge is 0.357 e. The van der Waals surface area contributed by atoms with Crippen molar-refractivity contribution in [3.63, 3.8) is 0 Å². The molecule has 1 aromatic carbocycles. The van der Waals surface area contributed by atoms with E-state index in [1.54, 1.807) is 12.4 Å². The van der Waals surface area contributed by atoms with Crippen molar-refractivity contribution in [2.75, 3.05) is 29.9 Å². The highest BCUT2D eigenvalue weighted by Gasteiger charge is 2.44. The smallest absolute Gasteiger partial charge is 0.227 e. The third-order valence-electron chi connectivity index (χ3n) is 7.95. The van der Waals surface area contributed by atoms with Crippen LogP contribution >= 0.6 is 0 Å². The number of benzene rings is 1. The van der Waals surface area contributed by atoms with Gasteiger partial charge in [0.05, 0.1) is 34.9 Å². The molecular formula is C30H28N8O. The maximum absolute atomic E-state index is 12.3. The highest BCUT2D eigenvalue weighted by Crippen LogP contribution is 2.39. The zero-order valence-corrected chi connectivity index (χ0v) is 21.4. The SMILES string of the molecule is O=C1NCCC12CCN(c1ccc(Nc3nccc(-c4cnc5ccc(-c6ccccc6)cn45)n3)cn1)CC2. The van der Waals surface area contributed by atoms with E-state index in [-0.39, 0.29) is 11.3 Å². The Morgan fingerprint density at radius 3 is 2.49 bits per heavy atom. The Kier molecular flexibility index (Phi) is 5.69. The first kappa shape index (κ1) is 23.3. The van der Waals surface area contributed by atoms with Gasteiger partial charge in [-0.1, -0.05) is 30.3 Å². The standard InChI is InChI=1S/C30H28N8O/c39-28-30(11-15-31-28)12-16-37(17-13-30)26-9-7-23(18-33-26)35-29-32-14-10-24(36-29)25-19-34-27-8-6-22(20-38(25)27)21-4-2-1-3-5-21/h1-10,14,18-20H,11-13,15-17H2,(H,31,39)(H,32,35,36). The van der Waals surface area contributed by atoms with E-state index in [4.69, 9.17) is 4.98 Å². The molecule has 0 unspecified atom stereocenters. The van der Waals surface area contributed by atoms with Crippen LogP contribution in [0.2, 0.25) is 0 Å². The van der Waals surface area contributed by atoms with Gasteiger partial charge < -0.3 is 15.5 Å². The zero-order valence-electron chi connectivity index (χ0n) is 21.4. The van der Waals surface area contributed by atoms with Crippen LogP contribution in [0.3, 0.4) is 0 Å². The lowest BCUT2D eigenvalue weighted by Gasteiger charge is -2.37. The molecule has 1 spiro atoms. The Bertz CT molecular complexity index is 1640. The van der Waals surface area contributed by atoms with E-state index in [2.05, 4.69) is 59.3 Å². The minimum atomic E-state index is -0.176. The summed E-state index contributed by atoms with van der Waals surface area (Å²) in [6.07, 6.45) is 10.2. The lowest BCUT2D eigenvalue weighted by molar-refractivity contribution is -0.128. The highest BCUT2D eigenvalue weighted by molar-refractivity contribution is 5.85. The van der Waals surface area contributed by atoms with Crippen LogP contribution in [-0.2, 0) is 4.79 Å². The van der Waals surface area contributed by atoms with E-state index in [1.807, 2.05) is 48.7 Å². The molecular weight excluding hydrogens is 488 g/mol. The summed E-state index contributed by atoms with van der Waals surface area (Å²) in [5.74, 6) is 1.63. The maximum atomic E-state index is 12.3. The normalized spacial score (nSPS) is 16.5. The van der Waals surface area contributed by atoms with Gasteiger partial charge in [-0.25, -0.2) is 19.9 Å². The number of imidazole rings is 1. The van der Waals surface area contributed by atoms with Gasteiger partial charge in [-0.2, -0.15) is 0 Å². The first-order valence-corrected chi connectivity index (χ1v) is 13.3. The molecule has 0 atom stereocenters. The molecule has 4 aromatic heterocycles. The zero-order chi connectivity index (χ0) is 26.2. The number of nitrogens with zero attached hydrogens (tertiary/aromatic N) is 6. The number of pyridine rings is 2. The number of hydrogen-bond donors (Lipinski definition) is 2. The first-order chi connectivity index (χ1) is 19.2. The molecule has 5 aromatic rings. The number of carbonyl (C=O) groups is 1. The van der Waals surface area contributed by atoms with Crippen molar-refractivity contribution in [2.24, 2.45) is 5.41 Å². The Hall–Kier alpha value is -4.79. The second-order valence-electron chi connectivity index (χ2n) is 10.2. The molecule has 2 N–H and O–H groups in total. The van der Waals surface area contributed by atoms with Crippen LogP contribution < -0.4 is 15.5 Å². The van der Waals surface area contributed by atoms with E-state index in [1.165, 1.54) is 0 Å². The molecule has 9 nitrogen and oxygen atoms in total. The topological polar surface area (TPSA) is 100 Å². The number of carbonyl (C=O) groups excluding carboxylic acids is 1. The minimum Gasteiger partial charge on any atom is -0.357 e. The minimum absolute atomic E-state index is 0.176. The predicted octanol–water partition coefficient (Wildman–Crippen LogP) is 4.70. The van der Waals surface area contributed by atoms with Crippen LogP contribution in [0, 0.1) is 5.41 Å². The monoisotopic (exact) mass is 516 g/mol. The van der Waals surface area contributed by atoms with Gasteiger partial charge in [0.25, 0.3) is 0 Å². The lowest BCUT2D eigenvalue weighted by Crippen LogP contribution is -2.44. The van der Waals surface area contributed by atoms with Crippen molar-refractivity contribution in [3.8, 4) is 22.5 Å². The van der Waals surface area contributed by atoms with E-state index in [0.717, 1.165) is 78.6 Å². The van der Waals surface area contributed by atoms with E-state index >= 15 is 0 Å². The van der Waals surface area contributed by atoms with E-state index in [0.29, 0.717) is 5.95 Å². The Morgan fingerprint density at radius 1 is 0.846 bits per heavy atom. The fourth-order valence-corrected chi connectivity index (χ4v) is 5.67. The van der Waals surface area contributed by atoms with Gasteiger partial charge in [-0.05, 0) is 60.7 Å². The Morgan fingerprint density at radius 2 is 1.72 bits per heavy atom. The molecule has 0 bridgehead atoms. The van der Waals surface area contributed by atoms with Crippen molar-refractivity contribution in [3.05, 3.63) is 85.5 Å². The van der Waals surface area contributed by atoms with Gasteiger partial charge in [-0.15, -0.1) is 0 Å². The van der Waals surface area contributed by atoms with Crippen molar-refractivity contribution < 1.29 is 4.79 Å². The summed E-state index contributed by atoms with van der Waals surface area (Å²) in [6.45, 7) is 2.47. The van der Waals surface area contributed by atoms with Gasteiger partial charge >= 0.3 is 0 Å². The molecule has 1 amide bonds. The van der Waals surface area contributed by atoms with Crippen LogP contribution in [0.1, 0.15) is 19.3 Å². The number of aromatic nitrogens is 5. The molecule has 7 rings (SSSR count). The molecule has 0 saturated carbocycles. The molecule has 2 saturated heterocycles. The Labute approximate surface area is 226 Å². The summed E-state index contributed by atoms with van der Waals surface area (Å²) in [5.41, 5.74) is 5.40. The molecule has 194 valence electrons. The van der Waals surface area contributed by atoms with Crippen LogP contribution in [0.15, 0.2) is 85.5 Å². The van der Waals surface area contributed by atoms with Crippen LogP contribution in [0.5, 0.6) is 0 Å². The van der Waals surface area contributed by atoms with Crippen molar-refractivity contribution in [2.45, 2.75) is 19.3 Å². The number of rotatable bonds is 5. The predicted molar refractivity (Wildman–Crippen MR) is 151 cm³/mol. The molecule has 9 heteroatoms. The molecule has 2 aliphatic rings. The van der Waals surface area contributed by atoms with Crippen molar-refractivity contribution in [1.29, 1.82) is 0 Å². The lowest BCUT2D eigenvalue weighted by atomic mass is 9.77. The van der Waals surface area contributed by atoms with Gasteiger partial charge in [0.1, 0.15) is 11.5 Å². The molecule has 6 heterocycles. The molecule has 0 radical (unpaired) electrons. The summed E-state index contributed by atoms with van der Waals surface area (Å²) in [7, 11) is 0. The van der Waals surface area contributed by atoms with E-state index in [9.17, 15) is 4.79 Å². The third-order valence-corrected chi connectivity index (χ3v) is 7.95. The quantitative estimate of drug-likeness (QED) is 0.349. The second-order valence-corrected chi connectivity index (χ2v) is 10.2. The Balaban J connectivity index is 1.08. The average Bonchev–Trinajstić information content (AvgIpc) is 3.57. The molecule has 0 aliphatic carbocycles. The highest BCUT2D eigenvalue weighted by atomic mass is 16.2. The van der Waals surface area contributed by atoms with Crippen molar-refractivity contribution in [1.82, 2.24) is 29.7 Å². The fraction of sp³-hybridized carbons (Fsp3) is 0.233. The maximum Gasteiger partial charge on any atom is 0.227 e. The molecule has 39 heavy (non-hydrogen) atoms. The summed E-state index contributed by atoms with van der Waals surface area (Å²) < 4.78 is 2.06.